The molecule has 4 N–H and O–H groups in total. The van der Waals surface area contributed by atoms with Crippen molar-refractivity contribution in [2.75, 3.05) is 24.7 Å². The second-order valence-electron chi connectivity index (χ2n) is 20.1. The number of carbonyl (C=O) groups excluding carboxylic acids is 2. The van der Waals surface area contributed by atoms with Gasteiger partial charge in [-0.1, -0.05) is 76.5 Å². The third-order valence-corrected chi connectivity index (χ3v) is 15.5. The van der Waals surface area contributed by atoms with E-state index >= 15 is 8.78 Å². The molecule has 334 valence electrons. The fraction of sp³-hybridized carbons (Fsp3) is 0.615. The Morgan fingerprint density at radius 1 is 0.885 bits per heavy atom. The molecule has 3 saturated carbocycles. The zero-order valence-electron chi connectivity index (χ0n) is 37.9. The highest BCUT2D eigenvalue weighted by atomic mass is 19.2. The fourth-order valence-electron chi connectivity index (χ4n) is 12.6. The van der Waals surface area contributed by atoms with E-state index in [0.29, 0.717) is 49.1 Å². The van der Waals surface area contributed by atoms with Crippen LogP contribution in [0.15, 0.2) is 65.8 Å². The Morgan fingerprint density at radius 3 is 2.38 bits per heavy atom. The third-order valence-electron chi connectivity index (χ3n) is 15.5. The van der Waals surface area contributed by atoms with Crippen LogP contribution < -0.4 is 16.2 Å². The Balaban J connectivity index is 0.951. The predicted octanol–water partition coefficient (Wildman–Crippen LogP) is 12.5. The van der Waals surface area contributed by atoms with Crippen LogP contribution in [0.5, 0.6) is 5.75 Å². The molecule has 61 heavy (non-hydrogen) atoms. The molecule has 0 bridgehead atoms. The van der Waals surface area contributed by atoms with Gasteiger partial charge >= 0.3 is 11.9 Å². The Morgan fingerprint density at radius 2 is 1.64 bits per heavy atom. The number of nitrogens with two attached hydrogens (primary N) is 2. The number of ether oxygens (including phenoxy) is 3. The lowest BCUT2D eigenvalue weighted by Gasteiger charge is -2.61. The van der Waals surface area contributed by atoms with Crippen molar-refractivity contribution in [2.45, 2.75) is 144 Å². The monoisotopic (exact) mass is 843 g/mol. The highest BCUT2D eigenvalue weighted by Crippen LogP contribution is 2.69. The van der Waals surface area contributed by atoms with Crippen LogP contribution in [0.2, 0.25) is 0 Å². The Hall–Kier alpha value is -3.98. The smallest absolute Gasteiger partial charge is 0.338 e. The lowest BCUT2D eigenvalue weighted by molar-refractivity contribution is -0.129. The molecule has 8 atom stereocenters. The Labute approximate surface area is 364 Å². The van der Waals surface area contributed by atoms with Crippen molar-refractivity contribution in [3.63, 3.8) is 0 Å². The second-order valence-corrected chi connectivity index (χ2v) is 20.1. The van der Waals surface area contributed by atoms with E-state index in [1.54, 1.807) is 11.6 Å². The molecule has 4 aliphatic carbocycles. The van der Waals surface area contributed by atoms with E-state index in [1.807, 2.05) is 0 Å². The molecule has 0 radical (unpaired) electrons. The van der Waals surface area contributed by atoms with E-state index < -0.39 is 29.3 Å². The van der Waals surface area contributed by atoms with Gasteiger partial charge in [-0.15, -0.1) is 0 Å². The van der Waals surface area contributed by atoms with E-state index in [1.165, 1.54) is 87.3 Å². The first-order valence-corrected chi connectivity index (χ1v) is 23.1. The van der Waals surface area contributed by atoms with Crippen molar-refractivity contribution >= 4 is 23.3 Å². The second kappa shape index (κ2) is 19.6. The topological polar surface area (TPSA) is 114 Å². The van der Waals surface area contributed by atoms with Crippen molar-refractivity contribution in [3.8, 4) is 5.75 Å². The van der Waals surface area contributed by atoms with Gasteiger partial charge in [0.05, 0.1) is 18.3 Å². The van der Waals surface area contributed by atoms with Gasteiger partial charge in [-0.25, -0.2) is 14.0 Å². The van der Waals surface area contributed by atoms with Crippen molar-refractivity contribution in [3.05, 3.63) is 88.5 Å². The number of esters is 2. The largest absolute Gasteiger partial charge is 0.462 e. The first-order valence-electron chi connectivity index (χ1n) is 23.1. The lowest BCUT2D eigenvalue weighted by atomic mass is 9.44. The summed E-state index contributed by atoms with van der Waals surface area (Å²) in [5, 5.41) is 0. The van der Waals surface area contributed by atoms with Crippen LogP contribution in [0.25, 0.3) is 0 Å². The molecule has 0 heterocycles. The van der Waals surface area contributed by atoms with Gasteiger partial charge in [0.15, 0.2) is 11.6 Å². The van der Waals surface area contributed by atoms with Gasteiger partial charge in [0.1, 0.15) is 0 Å². The van der Waals surface area contributed by atoms with Crippen LogP contribution in [0, 0.1) is 57.5 Å². The van der Waals surface area contributed by atoms with Gasteiger partial charge in [-0.3, -0.25) is 0 Å². The summed E-state index contributed by atoms with van der Waals surface area (Å²) in [6.45, 7) is 17.5. The molecule has 6 rings (SSSR count). The summed E-state index contributed by atoms with van der Waals surface area (Å²) in [6, 6.07) is 7.27. The number of aryl methyl sites for hydroxylation is 1. The SMILES string of the molecule is CC(C)=CCCCC(C)C1CCC2C3CC=C4C(C)(C)C(OCCCc5ccc(OC(=O)/C=C/CCCOC(=O)c6cc(N)cc(N)c6)c(F)c5F)CCC4(C)C3CCC12C. The van der Waals surface area contributed by atoms with Crippen LogP contribution in [-0.2, 0) is 20.7 Å². The molecule has 7 nitrogen and oxygen atoms in total. The number of hydrogen-bond acceptors (Lipinski definition) is 7. The van der Waals surface area contributed by atoms with Crippen LogP contribution in [-0.4, -0.2) is 31.3 Å². The van der Waals surface area contributed by atoms with Crippen LogP contribution in [0.1, 0.15) is 148 Å². The zero-order chi connectivity index (χ0) is 44.1. The molecule has 2 aromatic rings. The van der Waals surface area contributed by atoms with E-state index in [2.05, 4.69) is 60.6 Å². The molecule has 0 amide bonds. The molecule has 0 aliphatic heterocycles. The van der Waals surface area contributed by atoms with Gasteiger partial charge in [0.2, 0.25) is 5.82 Å². The maximum absolute atomic E-state index is 15.2. The van der Waals surface area contributed by atoms with Gasteiger partial charge < -0.3 is 25.7 Å². The van der Waals surface area contributed by atoms with Crippen molar-refractivity contribution in [1.82, 2.24) is 0 Å². The third kappa shape index (κ3) is 10.3. The Bertz CT molecular complexity index is 1960. The molecule has 3 fully saturated rings. The summed E-state index contributed by atoms with van der Waals surface area (Å²) in [7, 11) is 0. The zero-order valence-corrected chi connectivity index (χ0v) is 37.9. The number of halogens is 2. The quantitative estimate of drug-likeness (QED) is 0.0407. The minimum atomic E-state index is -1.19. The highest BCUT2D eigenvalue weighted by Gasteiger charge is 2.61. The number of rotatable bonds is 17. The number of benzene rings is 2. The van der Waals surface area contributed by atoms with Gasteiger partial charge in [-0.05, 0) is 168 Å². The fourth-order valence-corrected chi connectivity index (χ4v) is 12.6. The van der Waals surface area contributed by atoms with Gasteiger partial charge in [0, 0.05) is 29.5 Å². The molecule has 4 aliphatic rings. The lowest BCUT2D eigenvalue weighted by Crippen LogP contribution is -2.55. The summed E-state index contributed by atoms with van der Waals surface area (Å²) in [5.74, 6) is -0.123. The van der Waals surface area contributed by atoms with E-state index in [0.717, 1.165) is 48.5 Å². The molecule has 2 aromatic carbocycles. The van der Waals surface area contributed by atoms with Gasteiger partial charge in [0.25, 0.3) is 0 Å². The normalized spacial score (nSPS) is 28.3. The maximum atomic E-state index is 15.2. The molecule has 0 spiro atoms. The standard InChI is InChI=1S/C52H72F2N2O5/c1-33(2)14-10-11-15-34(3)40-20-21-41-39-19-23-44-50(4,5)45(25-27-52(44,7)42(39)24-26-51(40,41)6)59-29-13-16-35-18-22-43(48(54)47(35)53)61-46(57)17-9-8-12-28-60-49(58)36-30-37(55)32-38(56)31-36/h9,14,17-18,22-23,30-32,34,39-42,45H,8,10-13,15-16,19-21,24-29,55-56H2,1-7H3/b17-9+. The van der Waals surface area contributed by atoms with Crippen molar-refractivity contribution in [1.29, 1.82) is 0 Å². The average molecular weight is 843 g/mol. The van der Waals surface area contributed by atoms with E-state index in [-0.39, 0.29) is 34.7 Å². The van der Waals surface area contributed by atoms with E-state index in [9.17, 15) is 9.59 Å². The predicted molar refractivity (Wildman–Crippen MR) is 241 cm³/mol. The summed E-state index contributed by atoms with van der Waals surface area (Å²) in [6.07, 6.45) is 22.1. The molecular formula is C52H72F2N2O5. The number of hydrogen-bond donors (Lipinski definition) is 2. The van der Waals surface area contributed by atoms with Crippen LogP contribution in [0.4, 0.5) is 20.2 Å². The molecule has 9 heteroatoms. The summed E-state index contributed by atoms with van der Waals surface area (Å²) >= 11 is 0. The maximum Gasteiger partial charge on any atom is 0.338 e. The molecule has 0 saturated heterocycles. The number of unbranched alkanes of at least 4 members (excludes halogenated alkanes) is 2. The van der Waals surface area contributed by atoms with Crippen molar-refractivity contribution in [2.24, 2.45) is 45.8 Å². The summed E-state index contributed by atoms with van der Waals surface area (Å²) < 4.78 is 47.1. The summed E-state index contributed by atoms with van der Waals surface area (Å²) in [4.78, 5) is 24.6. The number of fused-ring (bicyclic) bond motifs is 5. The number of nitrogen functional groups attached to an aromatic ring is 2. The molecule has 0 aromatic heterocycles. The minimum absolute atomic E-state index is 0.0701. The number of carbonyl (C=O) groups is 2. The summed E-state index contributed by atoms with van der Waals surface area (Å²) in [5.41, 5.74) is 16.2. The average Bonchev–Trinajstić information content (AvgIpc) is 3.56. The van der Waals surface area contributed by atoms with Crippen molar-refractivity contribution < 1.29 is 32.6 Å². The first kappa shape index (κ1) is 46.5. The van der Waals surface area contributed by atoms with E-state index in [4.69, 9.17) is 25.7 Å². The molecular weight excluding hydrogens is 771 g/mol. The minimum Gasteiger partial charge on any atom is -0.462 e. The number of allylic oxidation sites excluding steroid dienone is 4. The van der Waals surface area contributed by atoms with Gasteiger partial charge in [-0.2, -0.15) is 4.39 Å². The van der Waals surface area contributed by atoms with Crippen LogP contribution >= 0.6 is 0 Å². The highest BCUT2D eigenvalue weighted by molar-refractivity contribution is 5.91. The Kier molecular flexibility index (Phi) is 14.9. The number of anilines is 2. The van der Waals surface area contributed by atoms with Crippen LogP contribution in [0.3, 0.4) is 0 Å². The molecule has 8 unspecified atom stereocenters. The first-order chi connectivity index (χ1) is 29.0.